The fourth-order valence-corrected chi connectivity index (χ4v) is 5.63. The standard InChI is InChI=1S/C27H22ClF2N3O3S/c28-22-13-18(32-25(34)21-6-2-4-8-24(21)37-27(29)30)9-10-20(22)26(35)33-11-12-36-16-19(33)15-31-14-17-5-1-3-7-23(17)33/h1-4,6-10,13-15,27,31H,5,11-12,16H2/p+1. The number of hydrogen-bond acceptors (Lipinski definition) is 5. The number of ether oxygens (including phenoxy) is 1. The number of carbonyl (C=O) groups is 2. The third kappa shape index (κ3) is 4.87. The second-order valence-electron chi connectivity index (χ2n) is 8.57. The number of quaternary nitrogens is 1. The largest absolute Gasteiger partial charge is 0.365 e. The Hall–Kier alpha value is -3.24. The molecule has 2 aromatic carbocycles. The molecule has 190 valence electrons. The highest BCUT2D eigenvalue weighted by atomic mass is 35.5. The number of morpholine rings is 1. The van der Waals surface area contributed by atoms with Gasteiger partial charge in [0.05, 0.1) is 29.0 Å². The van der Waals surface area contributed by atoms with Gasteiger partial charge in [-0.1, -0.05) is 47.6 Å². The monoisotopic (exact) mass is 542 g/mol. The Balaban J connectivity index is 1.46. The van der Waals surface area contributed by atoms with E-state index in [9.17, 15) is 18.4 Å². The number of alkyl halides is 2. The van der Waals surface area contributed by atoms with Gasteiger partial charge in [0, 0.05) is 28.4 Å². The van der Waals surface area contributed by atoms with Gasteiger partial charge in [0.25, 0.3) is 11.7 Å². The third-order valence-corrected chi connectivity index (χ3v) is 7.54. The number of halogens is 3. The van der Waals surface area contributed by atoms with Crippen LogP contribution in [0, 0.1) is 0 Å². The minimum atomic E-state index is -2.65. The molecule has 2 heterocycles. The first-order valence-electron chi connectivity index (χ1n) is 11.6. The minimum Gasteiger partial charge on any atom is -0.365 e. The van der Waals surface area contributed by atoms with Crippen molar-refractivity contribution in [3.8, 4) is 0 Å². The van der Waals surface area contributed by atoms with Gasteiger partial charge in [0.15, 0.2) is 11.4 Å². The number of nitrogens with zero attached hydrogens (tertiary/aromatic N) is 1. The first-order valence-corrected chi connectivity index (χ1v) is 12.8. The second-order valence-corrected chi connectivity index (χ2v) is 10.0. The van der Waals surface area contributed by atoms with E-state index >= 15 is 0 Å². The van der Waals surface area contributed by atoms with Crippen LogP contribution in [0.15, 0.2) is 95.0 Å². The molecule has 2 N–H and O–H groups in total. The summed E-state index contributed by atoms with van der Waals surface area (Å²) in [6.07, 6.45) is 10.3. The summed E-state index contributed by atoms with van der Waals surface area (Å²) in [6, 6.07) is 10.8. The zero-order valence-corrected chi connectivity index (χ0v) is 21.1. The highest BCUT2D eigenvalue weighted by molar-refractivity contribution is 7.99. The predicted octanol–water partition coefficient (Wildman–Crippen LogP) is 6.07. The summed E-state index contributed by atoms with van der Waals surface area (Å²) in [7, 11) is 0. The van der Waals surface area contributed by atoms with Crippen molar-refractivity contribution in [2.24, 2.45) is 0 Å². The van der Waals surface area contributed by atoms with E-state index in [1.807, 2.05) is 24.4 Å². The molecule has 10 heteroatoms. The first-order chi connectivity index (χ1) is 17.9. The molecule has 6 nitrogen and oxygen atoms in total. The summed E-state index contributed by atoms with van der Waals surface area (Å²) < 4.78 is 31.5. The number of allylic oxidation sites excluding steroid dienone is 4. The SMILES string of the molecule is O=C(Nc1ccc(C(=O)[N+]23CCOCC2=CNC=C2CC=CC=C23)c(Cl)c1)c1ccccc1SC(F)F. The lowest BCUT2D eigenvalue weighted by molar-refractivity contribution is -0.779. The van der Waals surface area contributed by atoms with Crippen LogP contribution in [0.5, 0.6) is 0 Å². The van der Waals surface area contributed by atoms with E-state index in [1.54, 1.807) is 30.5 Å². The maximum absolute atomic E-state index is 14.2. The Morgan fingerprint density at radius 2 is 1.97 bits per heavy atom. The normalized spacial score (nSPS) is 20.5. The highest BCUT2D eigenvalue weighted by Gasteiger charge is 2.50. The van der Waals surface area contributed by atoms with Gasteiger partial charge in [-0.3, -0.25) is 4.79 Å². The molecule has 37 heavy (non-hydrogen) atoms. The molecule has 1 fully saturated rings. The summed E-state index contributed by atoms with van der Waals surface area (Å²) in [6.45, 7) is 1.11. The van der Waals surface area contributed by atoms with E-state index < -0.39 is 11.7 Å². The lowest BCUT2D eigenvalue weighted by atomic mass is 9.98. The minimum absolute atomic E-state index is 0.0349. The van der Waals surface area contributed by atoms with E-state index in [0.717, 1.165) is 17.0 Å². The molecule has 1 saturated heterocycles. The van der Waals surface area contributed by atoms with Crippen LogP contribution in [0.25, 0.3) is 0 Å². The first kappa shape index (κ1) is 25.4. The molecule has 2 amide bonds. The topological polar surface area (TPSA) is 67.4 Å². The third-order valence-electron chi connectivity index (χ3n) is 6.44. The molecule has 0 radical (unpaired) electrons. The van der Waals surface area contributed by atoms with Crippen LogP contribution in [0.1, 0.15) is 27.1 Å². The molecular formula is C27H23ClF2N3O3S+. The number of amides is 2. The van der Waals surface area contributed by atoms with Crippen molar-refractivity contribution < 1.29 is 27.6 Å². The molecule has 1 aliphatic carbocycles. The van der Waals surface area contributed by atoms with Crippen molar-refractivity contribution in [2.45, 2.75) is 17.1 Å². The van der Waals surface area contributed by atoms with Crippen LogP contribution in [0.3, 0.4) is 0 Å². The van der Waals surface area contributed by atoms with Crippen molar-refractivity contribution in [1.29, 1.82) is 0 Å². The molecule has 1 atom stereocenters. The van der Waals surface area contributed by atoms with E-state index in [0.29, 0.717) is 49.2 Å². The van der Waals surface area contributed by atoms with Gasteiger partial charge in [-0.05, 0) is 36.8 Å². The van der Waals surface area contributed by atoms with E-state index in [-0.39, 0.29) is 25.9 Å². The molecule has 0 saturated carbocycles. The lowest BCUT2D eigenvalue weighted by Gasteiger charge is -2.41. The van der Waals surface area contributed by atoms with Gasteiger partial charge < -0.3 is 15.4 Å². The summed E-state index contributed by atoms with van der Waals surface area (Å²) in [5, 5.41) is 6.05. The fourth-order valence-electron chi connectivity index (χ4n) is 4.73. The number of fused-ring (bicyclic) bond motifs is 3. The molecule has 0 spiro atoms. The number of hydrogen-bond donors (Lipinski definition) is 2. The predicted molar refractivity (Wildman–Crippen MR) is 139 cm³/mol. The van der Waals surface area contributed by atoms with E-state index in [1.165, 1.54) is 18.2 Å². The summed E-state index contributed by atoms with van der Waals surface area (Å²) in [4.78, 5) is 27.2. The quantitative estimate of drug-likeness (QED) is 0.355. The average molecular weight is 543 g/mol. The summed E-state index contributed by atoms with van der Waals surface area (Å²) >= 11 is 6.92. The molecule has 0 bridgehead atoms. The van der Waals surface area contributed by atoms with E-state index in [2.05, 4.69) is 10.6 Å². The lowest BCUT2D eigenvalue weighted by Crippen LogP contribution is -2.56. The number of thioether (sulfide) groups is 1. The van der Waals surface area contributed by atoms with Gasteiger partial charge >= 0.3 is 5.91 Å². The second kappa shape index (κ2) is 10.6. The number of nitrogens with one attached hydrogen (secondary N) is 2. The van der Waals surface area contributed by atoms with Crippen molar-refractivity contribution in [3.05, 3.63) is 106 Å². The molecular weight excluding hydrogens is 520 g/mol. The van der Waals surface area contributed by atoms with Crippen LogP contribution in [-0.2, 0) is 4.74 Å². The van der Waals surface area contributed by atoms with Crippen molar-refractivity contribution in [2.75, 3.05) is 25.1 Å². The molecule has 1 unspecified atom stereocenters. The van der Waals surface area contributed by atoms with Gasteiger partial charge in [-0.25, -0.2) is 4.79 Å². The number of benzene rings is 2. The van der Waals surface area contributed by atoms with Crippen molar-refractivity contribution >= 4 is 40.9 Å². The highest BCUT2D eigenvalue weighted by Crippen LogP contribution is 2.40. The van der Waals surface area contributed by atoms with Crippen LogP contribution in [0.2, 0.25) is 5.02 Å². The molecule has 5 rings (SSSR count). The fraction of sp³-hybridized carbons (Fsp3) is 0.185. The van der Waals surface area contributed by atoms with Gasteiger partial charge in [0.2, 0.25) is 0 Å². The Labute approximate surface area is 221 Å². The molecule has 3 aliphatic rings. The van der Waals surface area contributed by atoms with Gasteiger partial charge in [0.1, 0.15) is 13.2 Å². The number of carbonyl (C=O) groups excluding carboxylic acids is 2. The van der Waals surface area contributed by atoms with E-state index in [4.69, 9.17) is 16.3 Å². The van der Waals surface area contributed by atoms with Crippen LogP contribution < -0.4 is 10.6 Å². The average Bonchev–Trinajstić information content (AvgIpc) is 3.06. The zero-order valence-electron chi connectivity index (χ0n) is 19.5. The maximum atomic E-state index is 14.2. The van der Waals surface area contributed by atoms with Gasteiger partial charge in [-0.15, -0.1) is 0 Å². The van der Waals surface area contributed by atoms with Gasteiger partial charge in [-0.2, -0.15) is 13.3 Å². The van der Waals surface area contributed by atoms with Crippen LogP contribution >= 0.6 is 23.4 Å². The van der Waals surface area contributed by atoms with Crippen LogP contribution in [-0.4, -0.2) is 41.8 Å². The smallest absolute Gasteiger partial charge is 0.357 e. The molecule has 2 aliphatic heterocycles. The zero-order chi connectivity index (χ0) is 26.0. The van der Waals surface area contributed by atoms with Crippen molar-refractivity contribution in [1.82, 2.24) is 5.32 Å². The summed E-state index contributed by atoms with van der Waals surface area (Å²) in [5.74, 6) is -3.40. The summed E-state index contributed by atoms with van der Waals surface area (Å²) in [5.41, 5.74) is 3.42. The number of rotatable bonds is 5. The van der Waals surface area contributed by atoms with Crippen LogP contribution in [0.4, 0.5) is 14.5 Å². The maximum Gasteiger partial charge on any atom is 0.357 e. The molecule has 2 aromatic rings. The Morgan fingerprint density at radius 3 is 2.78 bits per heavy atom. The Bertz CT molecular complexity index is 1390. The number of anilines is 1. The van der Waals surface area contributed by atoms with Crippen molar-refractivity contribution in [3.63, 3.8) is 0 Å². The Kier molecular flexibility index (Phi) is 7.30. The Morgan fingerprint density at radius 1 is 1.14 bits per heavy atom. The molecule has 0 aromatic heterocycles.